The number of benzene rings is 1. The first-order chi connectivity index (χ1) is 7.88. The Morgan fingerprint density at radius 2 is 2.00 bits per heavy atom. The van der Waals surface area contributed by atoms with E-state index in [0.717, 1.165) is 18.2 Å². The lowest BCUT2D eigenvalue weighted by Crippen LogP contribution is -2.15. The van der Waals surface area contributed by atoms with Gasteiger partial charge in [0.1, 0.15) is 5.69 Å². The zero-order valence-corrected chi connectivity index (χ0v) is 8.53. The molecule has 0 saturated carbocycles. The summed E-state index contributed by atoms with van der Waals surface area (Å²) in [6.45, 7) is -0.580. The molecule has 0 amide bonds. The van der Waals surface area contributed by atoms with Gasteiger partial charge in [0.05, 0.1) is 17.1 Å². The van der Waals surface area contributed by atoms with E-state index in [2.05, 4.69) is 5.32 Å². The molecule has 0 aliphatic carbocycles. The van der Waals surface area contributed by atoms with Crippen molar-refractivity contribution in [3.05, 3.63) is 28.7 Å². The number of alkyl halides is 3. The molecule has 1 rings (SSSR count). The molecule has 0 heterocycles. The predicted molar refractivity (Wildman–Crippen MR) is 52.1 cm³/mol. The highest BCUT2D eigenvalue weighted by Crippen LogP contribution is 2.39. The Labute approximate surface area is 94.0 Å². The van der Waals surface area contributed by atoms with Crippen LogP contribution >= 0.6 is 0 Å². The molecule has 8 heteroatoms. The van der Waals surface area contributed by atoms with Crippen LogP contribution in [0.2, 0.25) is 0 Å². The van der Waals surface area contributed by atoms with Crippen molar-refractivity contribution in [1.82, 2.24) is 0 Å². The van der Waals surface area contributed by atoms with Gasteiger partial charge < -0.3 is 10.4 Å². The Balaban J connectivity index is 3.29. The smallest absolute Gasteiger partial charge is 0.395 e. The molecule has 5 nitrogen and oxygen atoms in total. The summed E-state index contributed by atoms with van der Waals surface area (Å²) in [6, 6.07) is 2.80. The largest absolute Gasteiger partial charge is 0.418 e. The summed E-state index contributed by atoms with van der Waals surface area (Å²) in [5.41, 5.74) is -2.21. The summed E-state index contributed by atoms with van der Waals surface area (Å²) >= 11 is 0. The summed E-state index contributed by atoms with van der Waals surface area (Å²) < 4.78 is 37.8. The number of nitrogens with zero attached hydrogens (tertiary/aromatic N) is 1. The van der Waals surface area contributed by atoms with Crippen LogP contribution in [0.1, 0.15) is 5.56 Å². The van der Waals surface area contributed by atoms with Gasteiger partial charge in [-0.25, -0.2) is 5.21 Å². The van der Waals surface area contributed by atoms with Crippen LogP contribution < -0.4 is 5.32 Å². The third-order valence-electron chi connectivity index (χ3n) is 1.97. The Bertz CT molecular complexity index is 420. The van der Waals surface area contributed by atoms with Gasteiger partial charge >= 0.3 is 11.9 Å². The molecule has 0 saturated heterocycles. The van der Waals surface area contributed by atoms with Gasteiger partial charge in [0, 0.05) is 12.6 Å². The normalized spacial score (nSPS) is 11.3. The molecule has 0 aliphatic heterocycles. The van der Waals surface area contributed by atoms with Crippen molar-refractivity contribution in [2.75, 3.05) is 18.5 Å². The lowest BCUT2D eigenvalue weighted by atomic mass is 10.1. The van der Waals surface area contributed by atoms with Crippen LogP contribution in [0.25, 0.3) is 0 Å². The second kappa shape index (κ2) is 5.00. The van der Waals surface area contributed by atoms with Crippen LogP contribution in [0.4, 0.5) is 24.5 Å². The fourth-order valence-corrected chi connectivity index (χ4v) is 1.30. The van der Waals surface area contributed by atoms with Crippen molar-refractivity contribution in [3.63, 3.8) is 0 Å². The zero-order valence-electron chi connectivity index (χ0n) is 8.53. The van der Waals surface area contributed by atoms with Gasteiger partial charge in [-0.15, -0.1) is 0 Å². The average molecular weight is 251 g/mol. The number of aliphatic hydroxyl groups is 1. The number of hydrogen-bond acceptors (Lipinski definition) is 3. The second-order valence-corrected chi connectivity index (χ2v) is 3.12. The molecule has 3 N–H and O–H groups in total. The molecule has 17 heavy (non-hydrogen) atoms. The Morgan fingerprint density at radius 1 is 1.35 bits per heavy atom. The molecule has 0 aromatic heterocycles. The average Bonchev–Trinajstić information content (AvgIpc) is 2.24. The molecule has 1 aromatic rings. The van der Waals surface area contributed by atoms with Crippen LogP contribution in [0.5, 0.6) is 0 Å². The first-order valence-corrected chi connectivity index (χ1v) is 4.59. The van der Waals surface area contributed by atoms with E-state index < -0.39 is 34.6 Å². The Kier molecular flexibility index (Phi) is 3.89. The van der Waals surface area contributed by atoms with Crippen LogP contribution in [-0.2, 0) is 6.18 Å². The highest BCUT2D eigenvalue weighted by Gasteiger charge is 2.37. The molecule has 0 radical (unpaired) electrons. The summed E-state index contributed by atoms with van der Waals surface area (Å²) in [4.78, 5) is 10.1. The first-order valence-electron chi connectivity index (χ1n) is 4.59. The van der Waals surface area contributed by atoms with E-state index in [9.17, 15) is 18.1 Å². The van der Waals surface area contributed by atoms with E-state index in [4.69, 9.17) is 10.3 Å². The molecular formula is C9H10F3N2O3+. The van der Waals surface area contributed by atoms with E-state index in [1.54, 1.807) is 0 Å². The predicted octanol–water partition coefficient (Wildman–Crippen LogP) is 1.91. The topological polar surface area (TPSA) is 72.6 Å². The SMILES string of the molecule is O=[N+](O)c1cccc(C(F)(F)F)c1NCCO. The van der Waals surface area contributed by atoms with Crippen LogP contribution in [0, 0.1) is 4.91 Å². The van der Waals surface area contributed by atoms with Crippen LogP contribution in [0.3, 0.4) is 0 Å². The fraction of sp³-hybridized carbons (Fsp3) is 0.333. The second-order valence-electron chi connectivity index (χ2n) is 3.12. The minimum absolute atomic E-state index is 0.173. The van der Waals surface area contributed by atoms with E-state index in [1.165, 1.54) is 0 Å². The third kappa shape index (κ3) is 3.06. The summed E-state index contributed by atoms with van der Waals surface area (Å²) in [6.07, 6.45) is -4.66. The van der Waals surface area contributed by atoms with Crippen molar-refractivity contribution < 1.29 is 28.4 Å². The van der Waals surface area contributed by atoms with E-state index in [-0.39, 0.29) is 6.54 Å². The molecule has 0 atom stereocenters. The van der Waals surface area contributed by atoms with Gasteiger partial charge in [0.15, 0.2) is 0 Å². The quantitative estimate of drug-likeness (QED) is 0.715. The van der Waals surface area contributed by atoms with Crippen molar-refractivity contribution in [1.29, 1.82) is 0 Å². The van der Waals surface area contributed by atoms with Crippen LogP contribution in [0.15, 0.2) is 18.2 Å². The van der Waals surface area contributed by atoms with Crippen molar-refractivity contribution in [2.45, 2.75) is 6.18 Å². The molecule has 0 bridgehead atoms. The van der Waals surface area contributed by atoms with E-state index >= 15 is 0 Å². The fourth-order valence-electron chi connectivity index (χ4n) is 1.30. The number of nitrogens with one attached hydrogen (secondary N) is 1. The zero-order chi connectivity index (χ0) is 13.1. The highest BCUT2D eigenvalue weighted by molar-refractivity contribution is 5.67. The third-order valence-corrected chi connectivity index (χ3v) is 1.97. The minimum Gasteiger partial charge on any atom is -0.395 e. The molecule has 0 unspecified atom stereocenters. The lowest BCUT2D eigenvalue weighted by molar-refractivity contribution is -0.729. The molecule has 94 valence electrons. The summed E-state index contributed by atoms with van der Waals surface area (Å²) in [7, 11) is 0. The molecule has 0 aliphatic rings. The number of halogens is 3. The van der Waals surface area contributed by atoms with Gasteiger partial charge in [-0.3, -0.25) is 0 Å². The maximum atomic E-state index is 12.6. The number of rotatable bonds is 4. The minimum atomic E-state index is -4.66. The number of anilines is 1. The maximum Gasteiger partial charge on any atom is 0.418 e. The van der Waals surface area contributed by atoms with Gasteiger partial charge in [0.25, 0.3) is 4.92 Å². The van der Waals surface area contributed by atoms with Gasteiger partial charge in [-0.1, -0.05) is 6.07 Å². The molecule has 1 aromatic carbocycles. The van der Waals surface area contributed by atoms with Crippen molar-refractivity contribution in [2.24, 2.45) is 0 Å². The standard InChI is InChI=1S/C9H10F3N2O3/c10-9(11,12)6-2-1-3-7(14(16)17)8(6)13-4-5-15/h1-3,13,15H,4-5H2,(H,16,17)/q+1. The van der Waals surface area contributed by atoms with Crippen LogP contribution in [-0.4, -0.2) is 28.4 Å². The van der Waals surface area contributed by atoms with Gasteiger partial charge in [0.2, 0.25) is 0 Å². The number of aliphatic hydroxyl groups excluding tert-OH is 1. The number of hydrogen-bond donors (Lipinski definition) is 3. The summed E-state index contributed by atoms with van der Waals surface area (Å²) in [5.74, 6) is 0. The Hall–Kier alpha value is -1.83. The first kappa shape index (κ1) is 13.2. The van der Waals surface area contributed by atoms with E-state index in [1.807, 2.05) is 0 Å². The lowest BCUT2D eigenvalue weighted by Gasteiger charge is -2.12. The summed E-state index contributed by atoms with van der Waals surface area (Å²) in [5, 5.41) is 19.5. The molecule has 0 fully saturated rings. The monoisotopic (exact) mass is 251 g/mol. The molecule has 0 spiro atoms. The van der Waals surface area contributed by atoms with Crippen molar-refractivity contribution in [3.8, 4) is 0 Å². The van der Waals surface area contributed by atoms with E-state index in [0.29, 0.717) is 0 Å². The van der Waals surface area contributed by atoms with Gasteiger partial charge in [-0.2, -0.15) is 13.2 Å². The highest BCUT2D eigenvalue weighted by atomic mass is 19.4. The molecular weight excluding hydrogens is 241 g/mol. The number of para-hydroxylation sites is 1. The Morgan fingerprint density at radius 3 is 2.47 bits per heavy atom. The maximum absolute atomic E-state index is 12.6. The van der Waals surface area contributed by atoms with Crippen molar-refractivity contribution >= 4 is 11.4 Å². The van der Waals surface area contributed by atoms with Gasteiger partial charge in [-0.05, 0) is 6.07 Å².